The first-order valence-corrected chi connectivity index (χ1v) is 11.1. The Morgan fingerprint density at radius 1 is 1.32 bits per heavy atom. The average Bonchev–Trinajstić information content (AvgIpc) is 3.05. The molecule has 0 saturated carbocycles. The first-order chi connectivity index (χ1) is 13.1. The molecule has 0 spiro atoms. The summed E-state index contributed by atoms with van der Waals surface area (Å²) in [5, 5.41) is 7.25. The van der Waals surface area contributed by atoms with E-state index in [9.17, 15) is 8.42 Å². The molecule has 1 aromatic heterocycles. The van der Waals surface area contributed by atoms with E-state index >= 15 is 0 Å². The minimum absolute atomic E-state index is 0.0357. The fraction of sp³-hybridized carbons (Fsp3) is 0.550. The van der Waals surface area contributed by atoms with E-state index in [1.165, 1.54) is 0 Å². The average molecular weight is 410 g/mol. The van der Waals surface area contributed by atoms with E-state index in [1.807, 2.05) is 38.1 Å². The third kappa shape index (κ3) is 5.19. The van der Waals surface area contributed by atoms with Gasteiger partial charge in [0.05, 0.1) is 23.1 Å². The number of nitrogens with one attached hydrogen (secondary N) is 2. The highest BCUT2D eigenvalue weighted by Gasteiger charge is 2.28. The summed E-state index contributed by atoms with van der Waals surface area (Å²) in [6, 6.07) is 7.59. The number of nitrogens with zero attached hydrogens (tertiary/aromatic N) is 1. The zero-order valence-corrected chi connectivity index (χ0v) is 18.3. The SMILES string of the molecule is CCOc1cccc2cc(C(C)NC(=NC)NCCS(=O)(=O)C(C)(C)C)oc12. The molecule has 1 heterocycles. The van der Waals surface area contributed by atoms with E-state index in [-0.39, 0.29) is 18.3 Å². The summed E-state index contributed by atoms with van der Waals surface area (Å²) in [6.07, 6.45) is 0. The molecule has 0 aliphatic heterocycles. The lowest BCUT2D eigenvalue weighted by Gasteiger charge is -2.20. The van der Waals surface area contributed by atoms with Crippen LogP contribution in [0.3, 0.4) is 0 Å². The first-order valence-electron chi connectivity index (χ1n) is 9.43. The van der Waals surface area contributed by atoms with E-state index < -0.39 is 14.6 Å². The van der Waals surface area contributed by atoms with Crippen molar-refractivity contribution >= 4 is 26.8 Å². The van der Waals surface area contributed by atoms with Gasteiger partial charge in [0.25, 0.3) is 0 Å². The molecule has 0 fully saturated rings. The van der Waals surface area contributed by atoms with Crippen molar-refractivity contribution in [2.24, 2.45) is 4.99 Å². The van der Waals surface area contributed by atoms with Crippen LogP contribution in [0.1, 0.15) is 46.4 Å². The highest BCUT2D eigenvalue weighted by Crippen LogP contribution is 2.31. The molecule has 8 heteroatoms. The van der Waals surface area contributed by atoms with Crippen molar-refractivity contribution in [2.75, 3.05) is 26.0 Å². The third-order valence-corrected chi connectivity index (χ3v) is 7.03. The third-order valence-electron chi connectivity index (χ3n) is 4.43. The quantitative estimate of drug-likeness (QED) is 0.539. The molecule has 0 bridgehead atoms. The van der Waals surface area contributed by atoms with Crippen molar-refractivity contribution in [3.63, 3.8) is 0 Å². The first kappa shape index (κ1) is 22.1. The molecule has 0 radical (unpaired) electrons. The summed E-state index contributed by atoms with van der Waals surface area (Å²) in [6.45, 7) is 9.84. The van der Waals surface area contributed by atoms with Crippen LogP contribution in [0, 0.1) is 0 Å². The van der Waals surface area contributed by atoms with Gasteiger partial charge in [-0.25, -0.2) is 8.42 Å². The highest BCUT2D eigenvalue weighted by atomic mass is 32.2. The molecule has 0 aliphatic carbocycles. The van der Waals surface area contributed by atoms with Gasteiger partial charge in [-0.3, -0.25) is 4.99 Å². The Kier molecular flexibility index (Phi) is 6.98. The number of ether oxygens (including phenoxy) is 1. The number of guanidine groups is 1. The number of furan rings is 1. The number of hydrogen-bond donors (Lipinski definition) is 2. The topological polar surface area (TPSA) is 92.9 Å². The van der Waals surface area contributed by atoms with Crippen LogP contribution in [-0.2, 0) is 9.84 Å². The molecular formula is C20H31N3O4S. The number of fused-ring (bicyclic) bond motifs is 1. The van der Waals surface area contributed by atoms with Crippen LogP contribution in [0.5, 0.6) is 5.75 Å². The molecule has 7 nitrogen and oxygen atoms in total. The Morgan fingerprint density at radius 3 is 2.64 bits per heavy atom. The van der Waals surface area contributed by atoms with Crippen molar-refractivity contribution in [2.45, 2.75) is 45.4 Å². The van der Waals surface area contributed by atoms with Gasteiger partial charge in [-0.1, -0.05) is 12.1 Å². The summed E-state index contributed by atoms with van der Waals surface area (Å²) < 4.78 is 35.3. The van der Waals surface area contributed by atoms with E-state index in [0.717, 1.165) is 11.1 Å². The summed E-state index contributed by atoms with van der Waals surface area (Å²) in [5.41, 5.74) is 0.715. The molecule has 2 aromatic rings. The van der Waals surface area contributed by atoms with Gasteiger partial charge in [0.1, 0.15) is 5.76 Å². The Balaban J connectivity index is 2.03. The maximum absolute atomic E-state index is 12.2. The standard InChI is InChI=1S/C20H31N3O4S/c1-7-26-16-10-8-9-15-13-17(27-18(15)16)14(2)23-19(21-6)22-11-12-28(24,25)20(3,4)5/h8-10,13-14H,7,11-12H2,1-6H3,(H2,21,22,23). The van der Waals surface area contributed by atoms with E-state index in [1.54, 1.807) is 27.8 Å². The lowest BCUT2D eigenvalue weighted by molar-refractivity contribution is 0.336. The molecule has 0 saturated heterocycles. The second-order valence-electron chi connectivity index (χ2n) is 7.55. The number of sulfone groups is 1. The van der Waals surface area contributed by atoms with Crippen LogP contribution in [0.15, 0.2) is 33.7 Å². The van der Waals surface area contributed by atoms with Gasteiger partial charge in [0, 0.05) is 19.0 Å². The Hall–Kier alpha value is -2.22. The van der Waals surface area contributed by atoms with Gasteiger partial charge in [0.2, 0.25) is 0 Å². The van der Waals surface area contributed by atoms with Crippen LogP contribution in [0.25, 0.3) is 11.0 Å². The molecule has 1 aromatic carbocycles. The predicted molar refractivity (Wildman–Crippen MR) is 114 cm³/mol. The van der Waals surface area contributed by atoms with Gasteiger partial charge >= 0.3 is 0 Å². The molecule has 28 heavy (non-hydrogen) atoms. The van der Waals surface area contributed by atoms with Crippen LogP contribution in [-0.4, -0.2) is 45.1 Å². The Morgan fingerprint density at radius 2 is 2.04 bits per heavy atom. The van der Waals surface area contributed by atoms with Gasteiger partial charge in [-0.2, -0.15) is 0 Å². The Labute approximate surface area is 167 Å². The number of benzene rings is 1. The van der Waals surface area contributed by atoms with Gasteiger partial charge < -0.3 is 19.8 Å². The summed E-state index contributed by atoms with van der Waals surface area (Å²) in [5.74, 6) is 2.01. The largest absolute Gasteiger partial charge is 0.490 e. The molecule has 156 valence electrons. The van der Waals surface area contributed by atoms with Crippen molar-refractivity contribution < 1.29 is 17.6 Å². The molecule has 2 rings (SSSR count). The number of para-hydroxylation sites is 1. The molecule has 1 atom stereocenters. The molecule has 2 N–H and O–H groups in total. The zero-order chi connectivity index (χ0) is 20.9. The number of aliphatic imine (C=N–C) groups is 1. The van der Waals surface area contributed by atoms with Crippen LogP contribution in [0.2, 0.25) is 0 Å². The number of hydrogen-bond acceptors (Lipinski definition) is 5. The highest BCUT2D eigenvalue weighted by molar-refractivity contribution is 7.92. The summed E-state index contributed by atoms with van der Waals surface area (Å²) in [4.78, 5) is 4.17. The molecule has 1 unspecified atom stereocenters. The molecule has 0 aliphatic rings. The maximum Gasteiger partial charge on any atom is 0.191 e. The van der Waals surface area contributed by atoms with Crippen molar-refractivity contribution in [1.82, 2.24) is 10.6 Å². The van der Waals surface area contributed by atoms with Gasteiger partial charge in [-0.15, -0.1) is 0 Å². The van der Waals surface area contributed by atoms with E-state index in [2.05, 4.69) is 15.6 Å². The van der Waals surface area contributed by atoms with E-state index in [4.69, 9.17) is 9.15 Å². The molecule has 0 amide bonds. The fourth-order valence-electron chi connectivity index (χ4n) is 2.62. The summed E-state index contributed by atoms with van der Waals surface area (Å²) in [7, 11) is -1.54. The minimum Gasteiger partial charge on any atom is -0.490 e. The fourth-order valence-corrected chi connectivity index (χ4v) is 3.60. The second kappa shape index (κ2) is 8.86. The monoisotopic (exact) mass is 409 g/mol. The summed E-state index contributed by atoms with van der Waals surface area (Å²) >= 11 is 0. The zero-order valence-electron chi connectivity index (χ0n) is 17.5. The smallest absolute Gasteiger partial charge is 0.191 e. The van der Waals surface area contributed by atoms with Crippen LogP contribution >= 0.6 is 0 Å². The minimum atomic E-state index is -3.19. The van der Waals surface area contributed by atoms with Crippen molar-refractivity contribution in [1.29, 1.82) is 0 Å². The maximum atomic E-state index is 12.2. The lowest BCUT2D eigenvalue weighted by Crippen LogP contribution is -2.42. The van der Waals surface area contributed by atoms with Crippen molar-refractivity contribution in [3.05, 3.63) is 30.0 Å². The van der Waals surface area contributed by atoms with Gasteiger partial charge in [-0.05, 0) is 46.8 Å². The normalized spacial score (nSPS) is 14.1. The van der Waals surface area contributed by atoms with Crippen LogP contribution in [0.4, 0.5) is 0 Å². The lowest BCUT2D eigenvalue weighted by atomic mass is 10.2. The van der Waals surface area contributed by atoms with Gasteiger partial charge in [0.15, 0.2) is 27.1 Å². The predicted octanol–water partition coefficient (Wildman–Crippen LogP) is 3.27. The Bertz CT molecular complexity index is 927. The molecular weight excluding hydrogens is 378 g/mol. The number of rotatable bonds is 7. The van der Waals surface area contributed by atoms with Crippen molar-refractivity contribution in [3.8, 4) is 5.75 Å². The van der Waals surface area contributed by atoms with E-state index in [0.29, 0.717) is 23.9 Å². The van der Waals surface area contributed by atoms with Crippen LogP contribution < -0.4 is 15.4 Å². The second-order valence-corrected chi connectivity index (χ2v) is 10.4.